The fourth-order valence-electron chi connectivity index (χ4n) is 5.11. The Bertz CT molecular complexity index is 1120. The highest BCUT2D eigenvalue weighted by atomic mass is 32.1. The summed E-state index contributed by atoms with van der Waals surface area (Å²) in [5.74, 6) is -0.0570. The SMILES string of the molecule is COCCCN1C(=O)N(Cc2ccccc2)C(=O)C12CCN(Cc1nc3ccccc3s1)CC2. The van der Waals surface area contributed by atoms with E-state index in [1.54, 1.807) is 18.4 Å². The summed E-state index contributed by atoms with van der Waals surface area (Å²) >= 11 is 1.73. The van der Waals surface area contributed by atoms with Crippen molar-refractivity contribution in [2.24, 2.45) is 0 Å². The Balaban J connectivity index is 1.32. The zero-order valence-electron chi connectivity index (χ0n) is 19.5. The predicted molar refractivity (Wildman–Crippen MR) is 132 cm³/mol. The minimum absolute atomic E-state index is 0.0570. The number of rotatable bonds is 8. The van der Waals surface area contributed by atoms with Crippen molar-refractivity contribution in [1.82, 2.24) is 19.7 Å². The Morgan fingerprint density at radius 1 is 1.00 bits per heavy atom. The lowest BCUT2D eigenvalue weighted by atomic mass is 9.85. The molecule has 0 bridgehead atoms. The summed E-state index contributed by atoms with van der Waals surface area (Å²) in [4.78, 5) is 37.6. The van der Waals surface area contributed by atoms with Gasteiger partial charge < -0.3 is 9.64 Å². The number of fused-ring (bicyclic) bond motifs is 1. The first-order valence-electron chi connectivity index (χ1n) is 11.8. The van der Waals surface area contributed by atoms with Crippen LogP contribution < -0.4 is 0 Å². The first-order valence-corrected chi connectivity index (χ1v) is 12.7. The first-order chi connectivity index (χ1) is 16.6. The van der Waals surface area contributed by atoms with E-state index < -0.39 is 5.54 Å². The summed E-state index contributed by atoms with van der Waals surface area (Å²) in [6.45, 7) is 3.70. The van der Waals surface area contributed by atoms with Crippen LogP contribution in [0.15, 0.2) is 54.6 Å². The molecule has 3 aromatic rings. The van der Waals surface area contributed by atoms with Gasteiger partial charge in [0.1, 0.15) is 10.5 Å². The molecule has 0 radical (unpaired) electrons. The van der Waals surface area contributed by atoms with Gasteiger partial charge in [-0.05, 0) is 37.0 Å². The van der Waals surface area contributed by atoms with Gasteiger partial charge in [0.25, 0.3) is 5.91 Å². The van der Waals surface area contributed by atoms with Crippen molar-refractivity contribution < 1.29 is 14.3 Å². The van der Waals surface area contributed by atoms with Crippen molar-refractivity contribution in [3.05, 3.63) is 65.2 Å². The van der Waals surface area contributed by atoms with Gasteiger partial charge in [-0.3, -0.25) is 14.6 Å². The fraction of sp³-hybridized carbons (Fsp3) is 0.423. The number of carbonyl (C=O) groups is 2. The normalized spacial score (nSPS) is 18.5. The predicted octanol–water partition coefficient (Wildman–Crippen LogP) is 4.13. The third-order valence-corrected chi connectivity index (χ3v) is 7.94. The van der Waals surface area contributed by atoms with Crippen molar-refractivity contribution in [3.63, 3.8) is 0 Å². The molecule has 3 heterocycles. The molecule has 3 amide bonds. The number of para-hydroxylation sites is 1. The smallest absolute Gasteiger partial charge is 0.327 e. The van der Waals surface area contributed by atoms with Crippen LogP contribution in [0.25, 0.3) is 10.2 Å². The molecule has 178 valence electrons. The quantitative estimate of drug-likeness (QED) is 0.360. The monoisotopic (exact) mass is 478 g/mol. The Labute approximate surface area is 203 Å². The lowest BCUT2D eigenvalue weighted by molar-refractivity contribution is -0.136. The van der Waals surface area contributed by atoms with Gasteiger partial charge in [-0.2, -0.15) is 0 Å². The average Bonchev–Trinajstić information content (AvgIpc) is 3.35. The number of hydrogen-bond acceptors (Lipinski definition) is 6. The third kappa shape index (κ3) is 4.33. The number of carbonyl (C=O) groups excluding carboxylic acids is 2. The molecule has 0 saturated carbocycles. The summed E-state index contributed by atoms with van der Waals surface area (Å²) in [6.07, 6.45) is 1.99. The number of amides is 3. The second-order valence-corrected chi connectivity index (χ2v) is 10.2. The van der Waals surface area contributed by atoms with Crippen LogP contribution in [0, 0.1) is 0 Å². The molecule has 2 aromatic carbocycles. The maximum Gasteiger partial charge on any atom is 0.327 e. The number of aromatic nitrogens is 1. The zero-order valence-corrected chi connectivity index (χ0v) is 20.3. The van der Waals surface area contributed by atoms with Gasteiger partial charge in [-0.25, -0.2) is 9.78 Å². The van der Waals surface area contributed by atoms with E-state index in [2.05, 4.69) is 11.0 Å². The van der Waals surface area contributed by atoms with Crippen LogP contribution in [0.4, 0.5) is 4.79 Å². The molecule has 0 N–H and O–H groups in total. The number of benzene rings is 2. The maximum absolute atomic E-state index is 13.7. The van der Waals surface area contributed by atoms with Crippen LogP contribution in [0.1, 0.15) is 29.8 Å². The van der Waals surface area contributed by atoms with E-state index >= 15 is 0 Å². The molecule has 1 aromatic heterocycles. The van der Waals surface area contributed by atoms with Gasteiger partial charge in [-0.15, -0.1) is 11.3 Å². The second-order valence-electron chi connectivity index (χ2n) is 9.04. The summed E-state index contributed by atoms with van der Waals surface area (Å²) in [5, 5.41) is 1.09. The Morgan fingerprint density at radius 2 is 1.74 bits per heavy atom. The average molecular weight is 479 g/mol. The van der Waals surface area contributed by atoms with E-state index in [0.29, 0.717) is 39.0 Å². The summed E-state index contributed by atoms with van der Waals surface area (Å²) < 4.78 is 6.42. The molecule has 0 aliphatic carbocycles. The molecule has 2 aliphatic rings. The van der Waals surface area contributed by atoms with E-state index in [1.165, 1.54) is 9.60 Å². The lowest BCUT2D eigenvalue weighted by Gasteiger charge is -2.42. The maximum atomic E-state index is 13.7. The minimum atomic E-state index is -0.760. The molecular weight excluding hydrogens is 448 g/mol. The largest absolute Gasteiger partial charge is 0.385 e. The summed E-state index contributed by atoms with van der Waals surface area (Å²) in [5.41, 5.74) is 1.24. The Kier molecular flexibility index (Phi) is 6.63. The number of likely N-dealkylation sites (tertiary alicyclic amines) is 1. The van der Waals surface area contributed by atoms with Gasteiger partial charge in [0.05, 0.1) is 23.3 Å². The van der Waals surface area contributed by atoms with Crippen LogP contribution in [0.5, 0.6) is 0 Å². The molecule has 2 saturated heterocycles. The van der Waals surface area contributed by atoms with Crippen molar-refractivity contribution in [2.45, 2.75) is 37.9 Å². The number of thiazole rings is 1. The fourth-order valence-corrected chi connectivity index (χ4v) is 6.12. The minimum Gasteiger partial charge on any atom is -0.385 e. The van der Waals surface area contributed by atoms with Crippen molar-refractivity contribution in [2.75, 3.05) is 33.4 Å². The lowest BCUT2D eigenvalue weighted by Crippen LogP contribution is -2.56. The van der Waals surface area contributed by atoms with Crippen molar-refractivity contribution in [3.8, 4) is 0 Å². The molecule has 7 nitrogen and oxygen atoms in total. The number of hydrogen-bond donors (Lipinski definition) is 0. The number of ether oxygens (including phenoxy) is 1. The molecule has 0 atom stereocenters. The van der Waals surface area contributed by atoms with E-state index in [1.807, 2.05) is 53.4 Å². The van der Waals surface area contributed by atoms with Gasteiger partial charge in [0.15, 0.2) is 0 Å². The van der Waals surface area contributed by atoms with Gasteiger partial charge in [0, 0.05) is 33.4 Å². The number of piperidine rings is 1. The van der Waals surface area contributed by atoms with E-state index in [-0.39, 0.29) is 11.9 Å². The Hall–Kier alpha value is -2.81. The molecule has 8 heteroatoms. The van der Waals surface area contributed by atoms with E-state index in [0.717, 1.165) is 35.7 Å². The van der Waals surface area contributed by atoms with Crippen molar-refractivity contribution >= 4 is 33.5 Å². The zero-order chi connectivity index (χ0) is 23.5. The highest BCUT2D eigenvalue weighted by molar-refractivity contribution is 7.18. The van der Waals surface area contributed by atoms with E-state index in [4.69, 9.17) is 9.72 Å². The van der Waals surface area contributed by atoms with Gasteiger partial charge >= 0.3 is 6.03 Å². The molecule has 2 aliphatic heterocycles. The highest BCUT2D eigenvalue weighted by Gasteiger charge is 2.57. The molecular formula is C26H30N4O3S. The second kappa shape index (κ2) is 9.82. The summed E-state index contributed by atoms with van der Waals surface area (Å²) in [7, 11) is 1.66. The van der Waals surface area contributed by atoms with Crippen molar-refractivity contribution in [1.29, 1.82) is 0 Å². The summed E-state index contributed by atoms with van der Waals surface area (Å²) in [6, 6.07) is 17.8. The number of imide groups is 1. The molecule has 1 spiro atoms. The van der Waals surface area contributed by atoms with Crippen LogP contribution in [0.2, 0.25) is 0 Å². The number of nitrogens with zero attached hydrogens (tertiary/aromatic N) is 4. The highest BCUT2D eigenvalue weighted by Crippen LogP contribution is 2.38. The topological polar surface area (TPSA) is 66.0 Å². The molecule has 34 heavy (non-hydrogen) atoms. The molecule has 0 unspecified atom stereocenters. The Morgan fingerprint density at radius 3 is 2.47 bits per heavy atom. The van der Waals surface area contributed by atoms with E-state index in [9.17, 15) is 9.59 Å². The standard InChI is InChI=1S/C26H30N4O3S/c1-33-17-7-14-30-25(32)29(18-20-8-3-2-4-9-20)24(31)26(30)12-15-28(16-13-26)19-23-27-21-10-5-6-11-22(21)34-23/h2-6,8-11H,7,12-19H2,1H3. The number of methoxy groups -OCH3 is 1. The number of urea groups is 1. The van der Waals surface area contributed by atoms with Gasteiger partial charge in [-0.1, -0.05) is 42.5 Å². The third-order valence-electron chi connectivity index (χ3n) is 6.92. The molecule has 5 rings (SSSR count). The first kappa shape index (κ1) is 23.0. The molecule has 2 fully saturated rings. The van der Waals surface area contributed by atoms with Crippen LogP contribution in [-0.4, -0.2) is 70.5 Å². The van der Waals surface area contributed by atoms with Gasteiger partial charge in [0.2, 0.25) is 0 Å². The van der Waals surface area contributed by atoms with Crippen LogP contribution in [0.3, 0.4) is 0 Å². The van der Waals surface area contributed by atoms with Crippen LogP contribution >= 0.6 is 11.3 Å². The van der Waals surface area contributed by atoms with Crippen LogP contribution in [-0.2, 0) is 22.6 Å².